The van der Waals surface area contributed by atoms with Crippen molar-refractivity contribution in [3.63, 3.8) is 0 Å². The summed E-state index contributed by atoms with van der Waals surface area (Å²) in [5, 5.41) is 25.1. The van der Waals surface area contributed by atoms with Crippen LogP contribution in [-0.4, -0.2) is 35.4 Å². The van der Waals surface area contributed by atoms with Crippen LogP contribution in [0, 0.1) is 10.1 Å². The van der Waals surface area contributed by atoms with E-state index in [1.165, 1.54) is 12.3 Å². The van der Waals surface area contributed by atoms with Crippen LogP contribution in [-0.2, 0) is 4.79 Å². The fourth-order valence-electron chi connectivity index (χ4n) is 1.98. The third-order valence-electron chi connectivity index (χ3n) is 3.16. The summed E-state index contributed by atoms with van der Waals surface area (Å²) in [6.45, 7) is 1.61. The minimum Gasteiger partial charge on any atom is -0.500 e. The molecule has 0 fully saturated rings. The molecule has 0 aromatic heterocycles. The Bertz CT molecular complexity index is 854. The number of rotatable bonds is 8. The second kappa shape index (κ2) is 9.39. The Hall–Kier alpha value is -3.33. The smallest absolute Gasteiger partial charge is 0.315 e. The molecule has 0 aliphatic rings. The van der Waals surface area contributed by atoms with Crippen molar-refractivity contribution in [3.05, 3.63) is 57.1 Å². The van der Waals surface area contributed by atoms with E-state index in [2.05, 4.69) is 10.5 Å². The van der Waals surface area contributed by atoms with E-state index in [4.69, 9.17) is 21.1 Å². The van der Waals surface area contributed by atoms with E-state index in [1.807, 2.05) is 0 Å². The molecule has 0 bridgehead atoms. The number of nitrogens with one attached hydrogen (secondary N) is 1. The second-order valence-electron chi connectivity index (χ2n) is 5.11. The van der Waals surface area contributed by atoms with Gasteiger partial charge in [-0.15, -0.1) is 0 Å². The molecule has 0 radical (unpaired) electrons. The van der Waals surface area contributed by atoms with Crippen molar-refractivity contribution in [1.82, 2.24) is 5.43 Å². The molecule has 2 aromatic rings. The number of carbonyl (C=O) groups excluding carboxylic acids is 1. The first kappa shape index (κ1) is 20.0. The SMILES string of the molecule is CCOc1cc(/C=N\NC(=O)COc2ccc(Cl)cc2)cc([N+](=O)[O-])c1O. The number of hydrogen-bond acceptors (Lipinski definition) is 7. The summed E-state index contributed by atoms with van der Waals surface area (Å²) in [6.07, 6.45) is 1.19. The van der Waals surface area contributed by atoms with E-state index in [1.54, 1.807) is 31.2 Å². The molecule has 0 saturated heterocycles. The molecule has 0 spiro atoms. The van der Waals surface area contributed by atoms with Crippen molar-refractivity contribution in [2.45, 2.75) is 6.92 Å². The van der Waals surface area contributed by atoms with Crippen LogP contribution in [0.2, 0.25) is 5.02 Å². The summed E-state index contributed by atoms with van der Waals surface area (Å²) >= 11 is 5.75. The van der Waals surface area contributed by atoms with Gasteiger partial charge in [0.05, 0.1) is 17.7 Å². The minimum absolute atomic E-state index is 0.0504. The molecule has 27 heavy (non-hydrogen) atoms. The Morgan fingerprint density at radius 1 is 1.33 bits per heavy atom. The molecule has 10 heteroatoms. The largest absolute Gasteiger partial charge is 0.500 e. The van der Waals surface area contributed by atoms with E-state index in [0.717, 1.165) is 6.07 Å². The summed E-state index contributed by atoms with van der Waals surface area (Å²) in [7, 11) is 0. The lowest BCUT2D eigenvalue weighted by molar-refractivity contribution is -0.386. The molecule has 2 aromatic carbocycles. The number of carbonyl (C=O) groups is 1. The summed E-state index contributed by atoms with van der Waals surface area (Å²) in [6, 6.07) is 8.96. The highest BCUT2D eigenvalue weighted by atomic mass is 35.5. The summed E-state index contributed by atoms with van der Waals surface area (Å²) < 4.78 is 10.4. The van der Waals surface area contributed by atoms with Gasteiger partial charge in [0.2, 0.25) is 5.75 Å². The van der Waals surface area contributed by atoms with Crippen molar-refractivity contribution in [2.75, 3.05) is 13.2 Å². The zero-order valence-electron chi connectivity index (χ0n) is 14.2. The number of hydrogen-bond donors (Lipinski definition) is 2. The molecule has 0 aliphatic carbocycles. The predicted molar refractivity (Wildman–Crippen MR) is 98.6 cm³/mol. The zero-order valence-corrected chi connectivity index (χ0v) is 15.0. The van der Waals surface area contributed by atoms with Crippen LogP contribution in [0.15, 0.2) is 41.5 Å². The number of ether oxygens (including phenoxy) is 2. The Morgan fingerprint density at radius 2 is 2.04 bits per heavy atom. The average molecular weight is 394 g/mol. The van der Waals surface area contributed by atoms with Crippen molar-refractivity contribution in [3.8, 4) is 17.2 Å². The number of phenolic OH excluding ortho intramolecular Hbond substituents is 1. The molecular weight excluding hydrogens is 378 g/mol. The van der Waals surface area contributed by atoms with Crippen LogP contribution in [0.4, 0.5) is 5.69 Å². The highest BCUT2D eigenvalue weighted by molar-refractivity contribution is 6.30. The van der Waals surface area contributed by atoms with Gasteiger partial charge in [-0.05, 0) is 37.3 Å². The van der Waals surface area contributed by atoms with Gasteiger partial charge in [0.15, 0.2) is 12.4 Å². The quantitative estimate of drug-likeness (QED) is 0.404. The van der Waals surface area contributed by atoms with Crippen molar-refractivity contribution < 1.29 is 24.3 Å². The molecule has 9 nitrogen and oxygen atoms in total. The molecular formula is C17H16ClN3O6. The monoisotopic (exact) mass is 393 g/mol. The van der Waals surface area contributed by atoms with Gasteiger partial charge in [-0.1, -0.05) is 11.6 Å². The van der Waals surface area contributed by atoms with Gasteiger partial charge in [-0.25, -0.2) is 5.43 Å². The normalized spacial score (nSPS) is 10.6. The molecule has 0 unspecified atom stereocenters. The Labute approximate surface area is 159 Å². The fourth-order valence-corrected chi connectivity index (χ4v) is 2.11. The number of aromatic hydroxyl groups is 1. The van der Waals surface area contributed by atoms with Gasteiger partial charge in [0.25, 0.3) is 5.91 Å². The van der Waals surface area contributed by atoms with Gasteiger partial charge in [0.1, 0.15) is 5.75 Å². The summed E-state index contributed by atoms with van der Waals surface area (Å²) in [5.41, 5.74) is 1.97. The Kier molecular flexibility index (Phi) is 6.95. The van der Waals surface area contributed by atoms with Crippen molar-refractivity contribution >= 4 is 29.4 Å². The lowest BCUT2D eigenvalue weighted by Gasteiger charge is -2.07. The number of nitro benzene ring substituents is 1. The molecule has 2 rings (SSSR count). The van der Waals surface area contributed by atoms with E-state index in [9.17, 15) is 20.0 Å². The van der Waals surface area contributed by atoms with Crippen LogP contribution in [0.5, 0.6) is 17.2 Å². The van der Waals surface area contributed by atoms with Crippen LogP contribution < -0.4 is 14.9 Å². The number of benzene rings is 2. The summed E-state index contributed by atoms with van der Waals surface area (Å²) in [5.74, 6) is -0.682. The first-order valence-electron chi connectivity index (χ1n) is 7.75. The van der Waals surface area contributed by atoms with Gasteiger partial charge in [0, 0.05) is 16.7 Å². The fraction of sp³-hybridized carbons (Fsp3) is 0.176. The Morgan fingerprint density at radius 3 is 2.67 bits per heavy atom. The molecule has 0 saturated carbocycles. The van der Waals surface area contributed by atoms with Crippen molar-refractivity contribution in [2.24, 2.45) is 5.10 Å². The second-order valence-corrected chi connectivity index (χ2v) is 5.55. The maximum Gasteiger partial charge on any atom is 0.315 e. The average Bonchev–Trinajstić information content (AvgIpc) is 2.63. The van der Waals surface area contributed by atoms with Gasteiger partial charge >= 0.3 is 5.69 Å². The third kappa shape index (κ3) is 5.86. The van der Waals surface area contributed by atoms with E-state index >= 15 is 0 Å². The number of halogens is 1. The molecule has 0 aliphatic heterocycles. The molecule has 142 valence electrons. The Balaban J connectivity index is 1.99. The number of nitrogens with zero attached hydrogens (tertiary/aromatic N) is 2. The highest BCUT2D eigenvalue weighted by Crippen LogP contribution is 2.36. The first-order chi connectivity index (χ1) is 12.9. The number of nitro groups is 1. The van der Waals surface area contributed by atoms with Crippen LogP contribution in [0.25, 0.3) is 0 Å². The molecule has 0 heterocycles. The summed E-state index contributed by atoms with van der Waals surface area (Å²) in [4.78, 5) is 22.0. The predicted octanol–water partition coefficient (Wildman–Crippen LogP) is 2.88. The standard InChI is InChI=1S/C17H16ClN3O6/c1-2-26-15-8-11(7-14(17(15)23)21(24)25)9-19-20-16(22)10-27-13-5-3-12(18)4-6-13/h3-9,23H,2,10H2,1H3,(H,20,22)/b19-9-. The number of hydrazone groups is 1. The number of amides is 1. The van der Waals surface area contributed by atoms with Gasteiger partial charge < -0.3 is 14.6 Å². The maximum atomic E-state index is 11.7. The van der Waals surface area contributed by atoms with E-state index in [-0.39, 0.29) is 24.5 Å². The molecule has 1 amide bonds. The van der Waals surface area contributed by atoms with Crippen LogP contribution >= 0.6 is 11.6 Å². The first-order valence-corrected chi connectivity index (χ1v) is 8.13. The zero-order chi connectivity index (χ0) is 19.8. The van der Waals surface area contributed by atoms with E-state index < -0.39 is 22.3 Å². The molecule has 2 N–H and O–H groups in total. The minimum atomic E-state index is -0.742. The number of phenols is 1. The van der Waals surface area contributed by atoms with Crippen LogP contribution in [0.1, 0.15) is 12.5 Å². The van der Waals surface area contributed by atoms with E-state index in [0.29, 0.717) is 10.8 Å². The van der Waals surface area contributed by atoms with Crippen molar-refractivity contribution in [1.29, 1.82) is 0 Å². The maximum absolute atomic E-state index is 11.7. The lowest BCUT2D eigenvalue weighted by atomic mass is 10.2. The topological polar surface area (TPSA) is 123 Å². The highest BCUT2D eigenvalue weighted by Gasteiger charge is 2.19. The molecule has 0 atom stereocenters. The van der Waals surface area contributed by atoms with Gasteiger partial charge in [-0.2, -0.15) is 5.10 Å². The van der Waals surface area contributed by atoms with Crippen LogP contribution in [0.3, 0.4) is 0 Å². The lowest BCUT2D eigenvalue weighted by Crippen LogP contribution is -2.24. The van der Waals surface area contributed by atoms with Gasteiger partial charge in [-0.3, -0.25) is 14.9 Å². The third-order valence-corrected chi connectivity index (χ3v) is 3.41.